The highest BCUT2D eigenvalue weighted by Crippen LogP contribution is 2.12. The maximum atomic E-state index is 13.1. The highest BCUT2D eigenvalue weighted by atomic mass is 79.9. The van der Waals surface area contributed by atoms with Crippen molar-refractivity contribution in [1.82, 2.24) is 4.90 Å². The molecule has 0 saturated heterocycles. The van der Waals surface area contributed by atoms with Crippen LogP contribution in [0.2, 0.25) is 0 Å². The average molecular weight is 391 g/mol. The van der Waals surface area contributed by atoms with Gasteiger partial charge in [0.1, 0.15) is 5.82 Å². The molecule has 0 spiro atoms. The van der Waals surface area contributed by atoms with E-state index in [-0.39, 0.29) is 12.5 Å². The lowest BCUT2D eigenvalue weighted by molar-refractivity contribution is -0.129. The second-order valence-corrected chi connectivity index (χ2v) is 6.05. The van der Waals surface area contributed by atoms with Gasteiger partial charge in [-0.05, 0) is 42.0 Å². The van der Waals surface area contributed by atoms with Crippen molar-refractivity contribution >= 4 is 39.5 Å². The molecule has 24 heavy (non-hydrogen) atoms. The van der Waals surface area contributed by atoms with Crippen molar-refractivity contribution in [3.05, 3.63) is 70.5 Å². The van der Waals surface area contributed by atoms with Gasteiger partial charge in [0.15, 0.2) is 0 Å². The highest BCUT2D eigenvalue weighted by molar-refractivity contribution is 9.10. The van der Waals surface area contributed by atoms with E-state index in [1.54, 1.807) is 12.1 Å². The number of amides is 2. The monoisotopic (exact) mass is 390 g/mol. The van der Waals surface area contributed by atoms with E-state index in [1.165, 1.54) is 36.2 Å². The van der Waals surface area contributed by atoms with Gasteiger partial charge in [-0.2, -0.15) is 0 Å². The van der Waals surface area contributed by atoms with Crippen molar-refractivity contribution in [2.45, 2.75) is 0 Å². The van der Waals surface area contributed by atoms with Crippen molar-refractivity contribution in [3.8, 4) is 0 Å². The SMILES string of the molecule is CN(CC(=O)Nc1cccc(F)c1)C(=O)/C=C/c1ccc(Br)cc1. The van der Waals surface area contributed by atoms with Crippen molar-refractivity contribution in [2.75, 3.05) is 18.9 Å². The number of nitrogens with one attached hydrogen (secondary N) is 1. The number of carbonyl (C=O) groups is 2. The molecule has 4 nitrogen and oxygen atoms in total. The minimum atomic E-state index is -0.435. The maximum absolute atomic E-state index is 13.1. The first kappa shape index (κ1) is 17.9. The van der Waals surface area contributed by atoms with E-state index >= 15 is 0 Å². The molecule has 0 radical (unpaired) electrons. The number of anilines is 1. The predicted molar refractivity (Wildman–Crippen MR) is 95.8 cm³/mol. The van der Waals surface area contributed by atoms with E-state index in [9.17, 15) is 14.0 Å². The molecule has 0 saturated carbocycles. The van der Waals surface area contributed by atoms with E-state index in [2.05, 4.69) is 21.2 Å². The normalized spacial score (nSPS) is 10.6. The quantitative estimate of drug-likeness (QED) is 0.791. The fourth-order valence-corrected chi connectivity index (χ4v) is 2.19. The molecule has 6 heteroatoms. The number of hydrogen-bond donors (Lipinski definition) is 1. The molecule has 0 bridgehead atoms. The van der Waals surface area contributed by atoms with Gasteiger partial charge in [-0.25, -0.2) is 4.39 Å². The molecular weight excluding hydrogens is 375 g/mol. The molecular formula is C18H16BrFN2O2. The number of rotatable bonds is 5. The third-order valence-corrected chi connectivity index (χ3v) is 3.68. The van der Waals surface area contributed by atoms with Crippen LogP contribution in [0, 0.1) is 5.82 Å². The maximum Gasteiger partial charge on any atom is 0.246 e. The third-order valence-electron chi connectivity index (χ3n) is 3.15. The summed E-state index contributed by atoms with van der Waals surface area (Å²) in [5, 5.41) is 2.55. The molecule has 0 unspecified atom stereocenters. The zero-order valence-electron chi connectivity index (χ0n) is 13.0. The minimum absolute atomic E-state index is 0.125. The first-order chi connectivity index (χ1) is 11.4. The molecule has 1 N–H and O–H groups in total. The number of nitrogens with zero attached hydrogens (tertiary/aromatic N) is 1. The van der Waals surface area contributed by atoms with Gasteiger partial charge in [-0.3, -0.25) is 9.59 Å². The summed E-state index contributed by atoms with van der Waals surface area (Å²) in [4.78, 5) is 25.2. The number of likely N-dealkylation sites (N-methyl/N-ethyl adjacent to an activating group) is 1. The second-order valence-electron chi connectivity index (χ2n) is 5.14. The topological polar surface area (TPSA) is 49.4 Å². The van der Waals surface area contributed by atoms with Crippen LogP contribution >= 0.6 is 15.9 Å². The molecule has 2 rings (SSSR count). The number of halogens is 2. The molecule has 0 atom stereocenters. The van der Waals surface area contributed by atoms with E-state index < -0.39 is 11.7 Å². The molecule has 0 aliphatic carbocycles. The molecule has 2 amide bonds. The molecule has 2 aromatic rings. The minimum Gasteiger partial charge on any atom is -0.333 e. The smallest absolute Gasteiger partial charge is 0.246 e. The van der Waals surface area contributed by atoms with Crippen LogP contribution in [0.3, 0.4) is 0 Å². The van der Waals surface area contributed by atoms with E-state index in [1.807, 2.05) is 24.3 Å². The lowest BCUT2D eigenvalue weighted by Gasteiger charge is -2.14. The third kappa shape index (κ3) is 5.62. The summed E-state index contributed by atoms with van der Waals surface area (Å²) in [6.45, 7) is -0.125. The summed E-state index contributed by atoms with van der Waals surface area (Å²) in [6.07, 6.45) is 3.08. The van der Waals surface area contributed by atoms with Crippen LogP contribution in [0.4, 0.5) is 10.1 Å². The molecule has 0 aliphatic heterocycles. The molecule has 0 aromatic heterocycles. The van der Waals surface area contributed by atoms with Crippen molar-refractivity contribution in [2.24, 2.45) is 0 Å². The Morgan fingerprint density at radius 1 is 1.21 bits per heavy atom. The number of hydrogen-bond acceptors (Lipinski definition) is 2. The fraction of sp³-hybridized carbons (Fsp3) is 0.111. The Morgan fingerprint density at radius 3 is 2.58 bits per heavy atom. The standard InChI is InChI=1S/C18H16BrFN2O2/c1-22(12-17(23)21-16-4-2-3-15(20)11-16)18(24)10-7-13-5-8-14(19)9-6-13/h2-11H,12H2,1H3,(H,21,23)/b10-7+. The van der Waals surface area contributed by atoms with Crippen LogP contribution in [0.1, 0.15) is 5.56 Å². The van der Waals surface area contributed by atoms with Crippen LogP contribution < -0.4 is 5.32 Å². The second kappa shape index (κ2) is 8.40. The summed E-state index contributed by atoms with van der Waals surface area (Å²) >= 11 is 3.34. The molecule has 2 aromatic carbocycles. The summed E-state index contributed by atoms with van der Waals surface area (Å²) in [7, 11) is 1.53. The molecule has 0 heterocycles. The van der Waals surface area contributed by atoms with E-state index in [4.69, 9.17) is 0 Å². The van der Waals surface area contributed by atoms with Gasteiger partial charge in [0.05, 0.1) is 6.54 Å². The number of benzene rings is 2. The highest BCUT2D eigenvalue weighted by Gasteiger charge is 2.11. The van der Waals surface area contributed by atoms with Crippen LogP contribution in [0.5, 0.6) is 0 Å². The molecule has 124 valence electrons. The van der Waals surface area contributed by atoms with Crippen LogP contribution in [0.25, 0.3) is 6.08 Å². The van der Waals surface area contributed by atoms with Crippen LogP contribution in [-0.2, 0) is 9.59 Å². The zero-order valence-corrected chi connectivity index (χ0v) is 14.6. The summed E-state index contributed by atoms with van der Waals surface area (Å²) in [5.41, 5.74) is 1.23. The Labute approximate surface area is 148 Å². The van der Waals surface area contributed by atoms with Gasteiger partial charge in [0, 0.05) is 23.3 Å². The lowest BCUT2D eigenvalue weighted by Crippen LogP contribution is -2.33. The van der Waals surface area contributed by atoms with Crippen molar-refractivity contribution in [3.63, 3.8) is 0 Å². The predicted octanol–water partition coefficient (Wildman–Crippen LogP) is 3.70. The Balaban J connectivity index is 1.88. The Morgan fingerprint density at radius 2 is 1.92 bits per heavy atom. The van der Waals surface area contributed by atoms with E-state index in [0.717, 1.165) is 10.0 Å². The summed E-state index contributed by atoms with van der Waals surface area (Å²) < 4.78 is 14.0. The summed E-state index contributed by atoms with van der Waals surface area (Å²) in [5.74, 6) is -1.13. The van der Waals surface area contributed by atoms with Crippen LogP contribution in [-0.4, -0.2) is 30.3 Å². The first-order valence-electron chi connectivity index (χ1n) is 7.18. The molecule has 0 aliphatic rings. The lowest BCUT2D eigenvalue weighted by atomic mass is 10.2. The van der Waals surface area contributed by atoms with Gasteiger partial charge < -0.3 is 10.2 Å². The van der Waals surface area contributed by atoms with Gasteiger partial charge >= 0.3 is 0 Å². The largest absolute Gasteiger partial charge is 0.333 e. The van der Waals surface area contributed by atoms with Gasteiger partial charge in [-0.1, -0.05) is 34.1 Å². The van der Waals surface area contributed by atoms with Crippen molar-refractivity contribution in [1.29, 1.82) is 0 Å². The zero-order chi connectivity index (χ0) is 17.5. The first-order valence-corrected chi connectivity index (χ1v) is 7.97. The number of carbonyl (C=O) groups excluding carboxylic acids is 2. The summed E-state index contributed by atoms with van der Waals surface area (Å²) in [6, 6.07) is 13.1. The van der Waals surface area contributed by atoms with Gasteiger partial charge in [-0.15, -0.1) is 0 Å². The molecule has 0 fully saturated rings. The Hall–Kier alpha value is -2.47. The van der Waals surface area contributed by atoms with E-state index in [0.29, 0.717) is 5.69 Å². The van der Waals surface area contributed by atoms with Crippen LogP contribution in [0.15, 0.2) is 59.1 Å². The fourth-order valence-electron chi connectivity index (χ4n) is 1.93. The Bertz CT molecular complexity index is 760. The Kier molecular flexibility index (Phi) is 6.26. The van der Waals surface area contributed by atoms with Gasteiger partial charge in [0.2, 0.25) is 11.8 Å². The van der Waals surface area contributed by atoms with Gasteiger partial charge in [0.25, 0.3) is 0 Å². The average Bonchev–Trinajstić information content (AvgIpc) is 2.53. The van der Waals surface area contributed by atoms with Crippen molar-refractivity contribution < 1.29 is 14.0 Å².